The molecule has 0 N–H and O–H groups in total. The van der Waals surface area contributed by atoms with Gasteiger partial charge in [0.1, 0.15) is 11.2 Å². The van der Waals surface area contributed by atoms with Gasteiger partial charge in [0, 0.05) is 6.42 Å². The average molecular weight is 298 g/mol. The molecular weight excluding hydrogens is 264 g/mol. The van der Waals surface area contributed by atoms with Crippen molar-refractivity contribution in [3.63, 3.8) is 0 Å². The highest BCUT2D eigenvalue weighted by atomic mass is 16.5. The first-order valence-corrected chi connectivity index (χ1v) is 8.67. The van der Waals surface area contributed by atoms with Crippen molar-refractivity contribution in [2.45, 2.75) is 91.9 Å². The highest BCUT2D eigenvalue weighted by molar-refractivity contribution is 6.02. The monoisotopic (exact) mass is 298 g/mol. The highest BCUT2D eigenvalue weighted by Crippen LogP contribution is 2.22. The van der Waals surface area contributed by atoms with Crippen LogP contribution in [-0.4, -0.2) is 18.4 Å². The van der Waals surface area contributed by atoms with Crippen molar-refractivity contribution in [2.24, 2.45) is 5.41 Å². The molecule has 0 unspecified atom stereocenters. The van der Waals surface area contributed by atoms with Crippen LogP contribution in [0, 0.1) is 5.41 Å². The van der Waals surface area contributed by atoms with E-state index in [1.807, 2.05) is 0 Å². The minimum Gasteiger partial charge on any atom is -0.465 e. The Balaban J connectivity index is 3.68. The maximum atomic E-state index is 12.1. The molecule has 0 radical (unpaired) electrons. The number of ketones is 1. The quantitative estimate of drug-likeness (QED) is 0.271. The predicted molar refractivity (Wildman–Crippen MR) is 87.3 cm³/mol. The molecule has 3 heteroatoms. The summed E-state index contributed by atoms with van der Waals surface area (Å²) in [5, 5.41) is 0. The summed E-state index contributed by atoms with van der Waals surface area (Å²) in [5.41, 5.74) is -0.990. The van der Waals surface area contributed by atoms with Gasteiger partial charge in [-0.3, -0.25) is 9.59 Å². The molecule has 3 nitrogen and oxygen atoms in total. The van der Waals surface area contributed by atoms with Crippen molar-refractivity contribution in [3.05, 3.63) is 0 Å². The third-order valence-electron chi connectivity index (χ3n) is 3.99. The van der Waals surface area contributed by atoms with Crippen LogP contribution in [0.2, 0.25) is 0 Å². The molecule has 0 saturated carbocycles. The van der Waals surface area contributed by atoms with E-state index in [9.17, 15) is 9.59 Å². The first-order valence-electron chi connectivity index (χ1n) is 8.67. The molecule has 0 heterocycles. The van der Waals surface area contributed by atoms with E-state index in [0.717, 1.165) is 12.8 Å². The van der Waals surface area contributed by atoms with E-state index in [2.05, 4.69) is 6.92 Å². The van der Waals surface area contributed by atoms with Gasteiger partial charge in [-0.1, -0.05) is 58.3 Å². The second-order valence-corrected chi connectivity index (χ2v) is 6.35. The summed E-state index contributed by atoms with van der Waals surface area (Å²) >= 11 is 0. The Morgan fingerprint density at radius 3 is 1.76 bits per heavy atom. The third kappa shape index (κ3) is 8.90. The molecule has 0 fully saturated rings. The van der Waals surface area contributed by atoms with Crippen LogP contribution < -0.4 is 0 Å². The van der Waals surface area contributed by atoms with Crippen molar-refractivity contribution in [1.82, 2.24) is 0 Å². The van der Waals surface area contributed by atoms with E-state index in [4.69, 9.17) is 4.74 Å². The van der Waals surface area contributed by atoms with Crippen LogP contribution in [0.1, 0.15) is 91.9 Å². The fourth-order valence-corrected chi connectivity index (χ4v) is 2.33. The summed E-state index contributed by atoms with van der Waals surface area (Å²) in [6.07, 6.45) is 11.5. The van der Waals surface area contributed by atoms with E-state index < -0.39 is 11.4 Å². The number of esters is 1. The number of hydrogen-bond acceptors (Lipinski definition) is 3. The number of hydrogen-bond donors (Lipinski definition) is 0. The molecule has 0 aromatic heterocycles. The fourth-order valence-electron chi connectivity index (χ4n) is 2.33. The van der Waals surface area contributed by atoms with Crippen molar-refractivity contribution in [2.75, 3.05) is 6.61 Å². The minimum absolute atomic E-state index is 0.00361. The SMILES string of the molecule is CCCCCCCCCCCC(=O)C(C)(C)C(=O)OCC. The summed E-state index contributed by atoms with van der Waals surface area (Å²) < 4.78 is 4.96. The normalized spacial score (nSPS) is 11.4. The van der Waals surface area contributed by atoms with Gasteiger partial charge in [-0.05, 0) is 27.2 Å². The molecule has 124 valence electrons. The summed E-state index contributed by atoms with van der Waals surface area (Å²) in [6.45, 7) is 7.66. The van der Waals surface area contributed by atoms with Crippen molar-refractivity contribution in [1.29, 1.82) is 0 Å². The van der Waals surface area contributed by atoms with E-state index in [0.29, 0.717) is 13.0 Å². The zero-order chi connectivity index (χ0) is 16.1. The Bertz CT molecular complexity index is 295. The van der Waals surface area contributed by atoms with E-state index in [1.165, 1.54) is 44.9 Å². The molecule has 0 aliphatic carbocycles. The summed E-state index contributed by atoms with van der Waals surface area (Å²) in [7, 11) is 0. The lowest BCUT2D eigenvalue weighted by Gasteiger charge is -2.20. The minimum atomic E-state index is -0.990. The Hall–Kier alpha value is -0.860. The van der Waals surface area contributed by atoms with E-state index in [1.54, 1.807) is 20.8 Å². The van der Waals surface area contributed by atoms with Crippen LogP contribution in [0.4, 0.5) is 0 Å². The van der Waals surface area contributed by atoms with Gasteiger partial charge in [0.25, 0.3) is 0 Å². The van der Waals surface area contributed by atoms with Crippen LogP contribution in [0.25, 0.3) is 0 Å². The fraction of sp³-hybridized carbons (Fsp3) is 0.889. The predicted octanol–water partition coefficient (Wildman–Crippen LogP) is 5.07. The third-order valence-corrected chi connectivity index (χ3v) is 3.99. The molecule has 0 spiro atoms. The summed E-state index contributed by atoms with van der Waals surface area (Å²) in [5.74, 6) is -0.394. The number of rotatable bonds is 13. The average Bonchev–Trinajstić information content (AvgIpc) is 2.45. The van der Waals surface area contributed by atoms with Crippen molar-refractivity contribution in [3.8, 4) is 0 Å². The lowest BCUT2D eigenvalue weighted by atomic mass is 9.85. The standard InChI is InChI=1S/C18H34O3/c1-5-7-8-9-10-11-12-13-14-15-16(19)18(3,4)17(20)21-6-2/h5-15H2,1-4H3. The van der Waals surface area contributed by atoms with Crippen molar-refractivity contribution < 1.29 is 14.3 Å². The largest absolute Gasteiger partial charge is 0.465 e. The second-order valence-electron chi connectivity index (χ2n) is 6.35. The zero-order valence-electron chi connectivity index (χ0n) is 14.5. The molecule has 0 aromatic carbocycles. The van der Waals surface area contributed by atoms with Gasteiger partial charge in [-0.2, -0.15) is 0 Å². The van der Waals surface area contributed by atoms with Gasteiger partial charge < -0.3 is 4.74 Å². The van der Waals surface area contributed by atoms with E-state index >= 15 is 0 Å². The molecule has 0 atom stereocenters. The number of Topliss-reactive ketones (excluding diaryl/α,β-unsaturated/α-hetero) is 1. The van der Waals surface area contributed by atoms with Crippen molar-refractivity contribution >= 4 is 11.8 Å². The van der Waals surface area contributed by atoms with Gasteiger partial charge in [0.15, 0.2) is 0 Å². The van der Waals surface area contributed by atoms with Crippen LogP contribution in [0.15, 0.2) is 0 Å². The molecule has 21 heavy (non-hydrogen) atoms. The summed E-state index contributed by atoms with van der Waals surface area (Å²) in [4.78, 5) is 23.8. The molecule has 0 rings (SSSR count). The molecular formula is C18H34O3. The Morgan fingerprint density at radius 2 is 1.29 bits per heavy atom. The Kier molecular flexibility index (Phi) is 11.3. The molecule has 0 aliphatic heterocycles. The first kappa shape index (κ1) is 20.1. The van der Waals surface area contributed by atoms with Gasteiger partial charge in [-0.25, -0.2) is 0 Å². The molecule has 0 saturated heterocycles. The van der Waals surface area contributed by atoms with Gasteiger partial charge in [0.05, 0.1) is 6.61 Å². The molecule has 0 bridgehead atoms. The highest BCUT2D eigenvalue weighted by Gasteiger charge is 2.36. The number of carbonyl (C=O) groups is 2. The Morgan fingerprint density at radius 1 is 0.810 bits per heavy atom. The maximum Gasteiger partial charge on any atom is 0.319 e. The lowest BCUT2D eigenvalue weighted by Crippen LogP contribution is -2.35. The van der Waals surface area contributed by atoms with Crippen LogP contribution in [0.5, 0.6) is 0 Å². The first-order chi connectivity index (χ1) is 9.96. The van der Waals surface area contributed by atoms with Gasteiger partial charge in [-0.15, -0.1) is 0 Å². The van der Waals surface area contributed by atoms with Gasteiger partial charge >= 0.3 is 5.97 Å². The smallest absolute Gasteiger partial charge is 0.319 e. The molecule has 0 aliphatic rings. The van der Waals surface area contributed by atoms with Crippen LogP contribution in [0.3, 0.4) is 0 Å². The topological polar surface area (TPSA) is 43.4 Å². The van der Waals surface area contributed by atoms with E-state index in [-0.39, 0.29) is 5.78 Å². The molecule has 0 amide bonds. The number of carbonyl (C=O) groups excluding carboxylic acids is 2. The number of unbranched alkanes of at least 4 members (excludes halogenated alkanes) is 8. The van der Waals surface area contributed by atoms with Gasteiger partial charge in [0.2, 0.25) is 0 Å². The molecule has 0 aromatic rings. The van der Waals surface area contributed by atoms with Crippen LogP contribution in [-0.2, 0) is 14.3 Å². The maximum absolute atomic E-state index is 12.1. The number of ether oxygens (including phenoxy) is 1. The Labute approximate surface area is 130 Å². The van der Waals surface area contributed by atoms with Crippen LogP contribution >= 0.6 is 0 Å². The second kappa shape index (κ2) is 11.8. The zero-order valence-corrected chi connectivity index (χ0v) is 14.5. The lowest BCUT2D eigenvalue weighted by molar-refractivity contribution is -0.157. The summed E-state index contributed by atoms with van der Waals surface area (Å²) in [6, 6.07) is 0.